The molecule has 0 atom stereocenters. The van der Waals surface area contributed by atoms with Crippen LogP contribution in [0.4, 0.5) is 11.8 Å². The number of piperazine rings is 1. The zero-order valence-electron chi connectivity index (χ0n) is 13.4. The van der Waals surface area contributed by atoms with Crippen LogP contribution in [0.1, 0.15) is 11.4 Å². The predicted octanol–water partition coefficient (Wildman–Crippen LogP) is 0.0917. The number of nitrogen functional groups attached to an aromatic ring is 1. The smallest absolute Gasteiger partial charge is 0.225 e. The summed E-state index contributed by atoms with van der Waals surface area (Å²) in [5.41, 5.74) is 7.86. The molecule has 0 radical (unpaired) electrons. The molecule has 0 bridgehead atoms. The highest BCUT2D eigenvalue weighted by atomic mass is 16.5. The lowest BCUT2D eigenvalue weighted by atomic mass is 10.2. The summed E-state index contributed by atoms with van der Waals surface area (Å²) in [6.07, 6.45) is 0. The van der Waals surface area contributed by atoms with Crippen molar-refractivity contribution in [2.75, 3.05) is 57.1 Å². The van der Waals surface area contributed by atoms with E-state index in [-0.39, 0.29) is 0 Å². The van der Waals surface area contributed by atoms with Crippen LogP contribution in [0.2, 0.25) is 0 Å². The summed E-state index contributed by atoms with van der Waals surface area (Å²) in [6, 6.07) is 0. The normalized spacial score (nSPS) is 16.6. The SMILES string of the molecule is COCCN1CCN(c2nc(N)n3nc(C)nc3c2C)CC1. The second kappa shape index (κ2) is 6.05. The van der Waals surface area contributed by atoms with Gasteiger partial charge < -0.3 is 15.4 Å². The average molecular weight is 305 g/mol. The van der Waals surface area contributed by atoms with Crippen molar-refractivity contribution >= 4 is 17.4 Å². The number of rotatable bonds is 4. The molecular formula is C14H23N7O. The third-order valence-electron chi connectivity index (χ3n) is 4.10. The lowest BCUT2D eigenvalue weighted by Gasteiger charge is -2.35. The van der Waals surface area contributed by atoms with E-state index in [0.29, 0.717) is 11.8 Å². The Hall–Kier alpha value is -1.93. The van der Waals surface area contributed by atoms with Crippen LogP contribution in [0.15, 0.2) is 0 Å². The minimum absolute atomic E-state index is 0.387. The Morgan fingerprint density at radius 2 is 1.86 bits per heavy atom. The monoisotopic (exact) mass is 305 g/mol. The lowest BCUT2D eigenvalue weighted by molar-refractivity contribution is 0.144. The first-order valence-electron chi connectivity index (χ1n) is 7.56. The molecule has 1 aliphatic heterocycles. The van der Waals surface area contributed by atoms with Gasteiger partial charge in [-0.25, -0.2) is 4.98 Å². The quantitative estimate of drug-likeness (QED) is 0.857. The van der Waals surface area contributed by atoms with Gasteiger partial charge in [0.05, 0.1) is 6.61 Å². The summed E-state index contributed by atoms with van der Waals surface area (Å²) >= 11 is 0. The van der Waals surface area contributed by atoms with Crippen molar-refractivity contribution in [1.29, 1.82) is 0 Å². The van der Waals surface area contributed by atoms with Gasteiger partial charge in [0.1, 0.15) is 11.6 Å². The molecule has 0 unspecified atom stereocenters. The molecule has 0 aromatic carbocycles. The summed E-state index contributed by atoms with van der Waals surface area (Å²) < 4.78 is 6.75. The first-order chi connectivity index (χ1) is 10.6. The van der Waals surface area contributed by atoms with E-state index in [2.05, 4.69) is 24.9 Å². The third-order valence-corrected chi connectivity index (χ3v) is 4.10. The summed E-state index contributed by atoms with van der Waals surface area (Å²) in [6.45, 7) is 9.50. The molecule has 8 heteroatoms. The maximum absolute atomic E-state index is 6.03. The van der Waals surface area contributed by atoms with E-state index in [1.54, 1.807) is 11.6 Å². The van der Waals surface area contributed by atoms with Crippen LogP contribution in [0.25, 0.3) is 5.65 Å². The van der Waals surface area contributed by atoms with Gasteiger partial charge in [-0.2, -0.15) is 9.50 Å². The Labute approximate surface area is 129 Å². The molecule has 8 nitrogen and oxygen atoms in total. The van der Waals surface area contributed by atoms with Crippen molar-refractivity contribution in [2.24, 2.45) is 0 Å². The highest BCUT2D eigenvalue weighted by Gasteiger charge is 2.22. The number of hydrogen-bond acceptors (Lipinski definition) is 7. The van der Waals surface area contributed by atoms with Crippen LogP contribution in [0.5, 0.6) is 0 Å². The van der Waals surface area contributed by atoms with Crippen LogP contribution in [-0.2, 0) is 4.74 Å². The lowest BCUT2D eigenvalue weighted by Crippen LogP contribution is -2.47. The van der Waals surface area contributed by atoms with Crippen LogP contribution in [0, 0.1) is 13.8 Å². The molecule has 2 N–H and O–H groups in total. The van der Waals surface area contributed by atoms with Gasteiger partial charge in [-0.15, -0.1) is 5.10 Å². The van der Waals surface area contributed by atoms with Crippen molar-refractivity contribution in [1.82, 2.24) is 24.5 Å². The number of hydrogen-bond donors (Lipinski definition) is 1. The maximum Gasteiger partial charge on any atom is 0.225 e. The summed E-state index contributed by atoms with van der Waals surface area (Å²) in [7, 11) is 1.74. The van der Waals surface area contributed by atoms with Gasteiger partial charge >= 0.3 is 0 Å². The minimum atomic E-state index is 0.387. The molecule has 3 heterocycles. The standard InChI is InChI=1S/C14H23N7O/c1-10-12(17-14(15)21-13(10)16-11(2)18-21)20-6-4-19(5-7-20)8-9-22-3/h4-9H2,1-3H3,(H2,15,17). The fraction of sp³-hybridized carbons (Fsp3) is 0.643. The zero-order valence-corrected chi connectivity index (χ0v) is 13.4. The first-order valence-corrected chi connectivity index (χ1v) is 7.56. The summed E-state index contributed by atoms with van der Waals surface area (Å²) in [5, 5.41) is 4.28. The van der Waals surface area contributed by atoms with Gasteiger partial charge in [-0.3, -0.25) is 4.90 Å². The summed E-state index contributed by atoms with van der Waals surface area (Å²) in [4.78, 5) is 13.7. The van der Waals surface area contributed by atoms with Crippen molar-refractivity contribution in [2.45, 2.75) is 13.8 Å². The molecule has 0 saturated carbocycles. The Morgan fingerprint density at radius 1 is 1.14 bits per heavy atom. The van der Waals surface area contributed by atoms with E-state index < -0.39 is 0 Å². The molecule has 120 valence electrons. The number of aryl methyl sites for hydroxylation is 2. The topological polar surface area (TPSA) is 84.8 Å². The molecule has 0 amide bonds. The summed E-state index contributed by atoms with van der Waals surface area (Å²) in [5.74, 6) is 2.01. The van der Waals surface area contributed by atoms with Gasteiger partial charge in [0.15, 0.2) is 5.65 Å². The molecule has 22 heavy (non-hydrogen) atoms. The van der Waals surface area contributed by atoms with E-state index in [4.69, 9.17) is 10.5 Å². The molecule has 2 aromatic rings. The first kappa shape index (κ1) is 15.0. The highest BCUT2D eigenvalue weighted by molar-refractivity contribution is 5.63. The second-order valence-corrected chi connectivity index (χ2v) is 5.63. The number of nitrogens with two attached hydrogens (primary N) is 1. The molecule has 2 aromatic heterocycles. The van der Waals surface area contributed by atoms with Crippen molar-refractivity contribution < 1.29 is 4.74 Å². The van der Waals surface area contributed by atoms with Gasteiger partial charge in [0.2, 0.25) is 5.95 Å². The van der Waals surface area contributed by atoms with E-state index >= 15 is 0 Å². The van der Waals surface area contributed by atoms with Crippen LogP contribution < -0.4 is 10.6 Å². The Balaban J connectivity index is 1.81. The third kappa shape index (κ3) is 2.71. The Bertz CT molecular complexity index is 661. The highest BCUT2D eigenvalue weighted by Crippen LogP contribution is 2.24. The molecular weight excluding hydrogens is 282 g/mol. The number of nitrogens with zero attached hydrogens (tertiary/aromatic N) is 6. The molecule has 1 fully saturated rings. The van der Waals surface area contributed by atoms with Crippen LogP contribution in [0.3, 0.4) is 0 Å². The van der Waals surface area contributed by atoms with Crippen molar-refractivity contribution in [3.8, 4) is 0 Å². The van der Waals surface area contributed by atoms with E-state index in [9.17, 15) is 0 Å². The van der Waals surface area contributed by atoms with Gasteiger partial charge in [-0.05, 0) is 13.8 Å². The van der Waals surface area contributed by atoms with Gasteiger partial charge in [0.25, 0.3) is 0 Å². The number of methoxy groups -OCH3 is 1. The van der Waals surface area contributed by atoms with E-state index in [0.717, 1.165) is 56.4 Å². The Morgan fingerprint density at radius 3 is 2.55 bits per heavy atom. The number of fused-ring (bicyclic) bond motifs is 1. The van der Waals surface area contributed by atoms with Crippen molar-refractivity contribution in [3.05, 3.63) is 11.4 Å². The molecule has 1 saturated heterocycles. The second-order valence-electron chi connectivity index (χ2n) is 5.63. The number of anilines is 2. The molecule has 1 aliphatic rings. The van der Waals surface area contributed by atoms with E-state index in [1.807, 2.05) is 13.8 Å². The average Bonchev–Trinajstić information content (AvgIpc) is 2.92. The van der Waals surface area contributed by atoms with Crippen LogP contribution in [-0.4, -0.2) is 70.9 Å². The molecule has 3 rings (SSSR count). The molecule has 0 spiro atoms. The van der Waals surface area contributed by atoms with Gasteiger partial charge in [-0.1, -0.05) is 0 Å². The fourth-order valence-electron chi connectivity index (χ4n) is 2.87. The zero-order chi connectivity index (χ0) is 15.7. The molecule has 0 aliphatic carbocycles. The van der Waals surface area contributed by atoms with Crippen LogP contribution >= 0.6 is 0 Å². The minimum Gasteiger partial charge on any atom is -0.383 e. The largest absolute Gasteiger partial charge is 0.383 e. The number of aromatic nitrogens is 4. The van der Waals surface area contributed by atoms with Crippen molar-refractivity contribution in [3.63, 3.8) is 0 Å². The Kier molecular flexibility index (Phi) is 4.12. The van der Waals surface area contributed by atoms with E-state index in [1.165, 1.54) is 0 Å². The number of ether oxygens (including phenoxy) is 1. The van der Waals surface area contributed by atoms with Gasteiger partial charge in [0, 0.05) is 45.4 Å². The maximum atomic E-state index is 6.03. The predicted molar refractivity (Wildman–Crippen MR) is 85.2 cm³/mol. The fourth-order valence-corrected chi connectivity index (χ4v) is 2.87.